The number of amides is 2. The van der Waals surface area contributed by atoms with Crippen molar-refractivity contribution in [3.05, 3.63) is 59.7 Å². The molecule has 2 N–H and O–H groups in total. The van der Waals surface area contributed by atoms with Crippen LogP contribution in [0.25, 0.3) is 11.1 Å². The van der Waals surface area contributed by atoms with E-state index in [0.717, 1.165) is 22.3 Å². The summed E-state index contributed by atoms with van der Waals surface area (Å²) in [7, 11) is 0. The lowest BCUT2D eigenvalue weighted by molar-refractivity contribution is -0.150. The zero-order chi connectivity index (χ0) is 23.0. The number of nitrogens with one attached hydrogen (secondary N) is 1. The molecule has 168 valence electrons. The first kappa shape index (κ1) is 22.1. The summed E-state index contributed by atoms with van der Waals surface area (Å²) in [5.74, 6) is -1.59. The summed E-state index contributed by atoms with van der Waals surface area (Å²) < 4.78 is 0. The molecule has 2 aliphatic rings. The van der Waals surface area contributed by atoms with E-state index in [1.807, 2.05) is 45.0 Å². The summed E-state index contributed by atoms with van der Waals surface area (Å²) in [6.07, 6.45) is 1.33. The number of rotatable bonds is 5. The number of carbonyl (C=O) groups is 3. The molecule has 1 saturated heterocycles. The summed E-state index contributed by atoms with van der Waals surface area (Å²) in [5, 5.41) is 12.5. The van der Waals surface area contributed by atoms with Crippen molar-refractivity contribution in [1.82, 2.24) is 10.2 Å². The summed E-state index contributed by atoms with van der Waals surface area (Å²) in [6.45, 7) is 6.08. The van der Waals surface area contributed by atoms with E-state index in [0.29, 0.717) is 19.4 Å². The Bertz CT molecular complexity index is 1010. The molecule has 2 aromatic carbocycles. The van der Waals surface area contributed by atoms with E-state index >= 15 is 0 Å². The van der Waals surface area contributed by atoms with E-state index in [4.69, 9.17) is 0 Å². The molecule has 1 fully saturated rings. The maximum Gasteiger partial charge on any atom is 0.326 e. The first-order chi connectivity index (χ1) is 15.2. The van der Waals surface area contributed by atoms with E-state index in [-0.39, 0.29) is 24.2 Å². The second kappa shape index (κ2) is 8.41. The van der Waals surface area contributed by atoms with E-state index < -0.39 is 23.5 Å². The third kappa shape index (κ3) is 4.01. The molecule has 6 heteroatoms. The average Bonchev–Trinajstić information content (AvgIpc) is 3.35. The van der Waals surface area contributed by atoms with Crippen LogP contribution in [-0.2, 0) is 14.4 Å². The smallest absolute Gasteiger partial charge is 0.326 e. The maximum atomic E-state index is 13.3. The lowest BCUT2D eigenvalue weighted by Crippen LogP contribution is -2.56. The van der Waals surface area contributed by atoms with Crippen LogP contribution in [0.4, 0.5) is 0 Å². The monoisotopic (exact) mass is 434 g/mol. The van der Waals surface area contributed by atoms with Crippen LogP contribution in [-0.4, -0.2) is 46.4 Å². The van der Waals surface area contributed by atoms with Crippen LogP contribution in [0.15, 0.2) is 48.5 Å². The Morgan fingerprint density at radius 3 is 2.12 bits per heavy atom. The zero-order valence-electron chi connectivity index (χ0n) is 18.8. The van der Waals surface area contributed by atoms with Gasteiger partial charge in [-0.2, -0.15) is 0 Å². The quantitative estimate of drug-likeness (QED) is 0.750. The van der Waals surface area contributed by atoms with E-state index in [9.17, 15) is 19.5 Å². The molecule has 0 saturated carbocycles. The Balaban J connectivity index is 1.55. The number of benzene rings is 2. The average molecular weight is 435 g/mol. The van der Waals surface area contributed by atoms with Crippen LogP contribution in [0.1, 0.15) is 57.1 Å². The molecule has 1 aliphatic carbocycles. The molecule has 32 heavy (non-hydrogen) atoms. The van der Waals surface area contributed by atoms with Gasteiger partial charge in [0, 0.05) is 18.9 Å². The minimum absolute atomic E-state index is 0.0725. The van der Waals surface area contributed by atoms with Crippen LogP contribution >= 0.6 is 0 Å². The molecule has 1 heterocycles. The van der Waals surface area contributed by atoms with Gasteiger partial charge >= 0.3 is 5.97 Å². The van der Waals surface area contributed by atoms with Crippen molar-refractivity contribution in [2.45, 2.75) is 58.0 Å². The molecule has 0 radical (unpaired) electrons. The first-order valence-corrected chi connectivity index (χ1v) is 11.2. The van der Waals surface area contributed by atoms with Crippen LogP contribution in [0.3, 0.4) is 0 Å². The molecule has 6 nitrogen and oxygen atoms in total. The van der Waals surface area contributed by atoms with Gasteiger partial charge in [0.25, 0.3) is 0 Å². The summed E-state index contributed by atoms with van der Waals surface area (Å²) in [6, 6.07) is 14.6. The number of fused-ring (bicyclic) bond motifs is 3. The van der Waals surface area contributed by atoms with Crippen molar-refractivity contribution >= 4 is 17.8 Å². The van der Waals surface area contributed by atoms with Gasteiger partial charge < -0.3 is 15.3 Å². The number of hydrogen-bond donors (Lipinski definition) is 2. The minimum Gasteiger partial charge on any atom is -0.480 e. The summed E-state index contributed by atoms with van der Waals surface area (Å²) in [4.78, 5) is 39.5. The fraction of sp³-hybridized carbons (Fsp3) is 0.423. The lowest BCUT2D eigenvalue weighted by Gasteiger charge is -2.35. The van der Waals surface area contributed by atoms with Crippen molar-refractivity contribution < 1.29 is 19.5 Å². The number of aliphatic carboxylic acids is 1. The van der Waals surface area contributed by atoms with Crippen molar-refractivity contribution in [1.29, 1.82) is 0 Å². The Hall–Kier alpha value is -3.15. The molecular weight excluding hydrogens is 404 g/mol. The van der Waals surface area contributed by atoms with Gasteiger partial charge in [0.1, 0.15) is 12.1 Å². The van der Waals surface area contributed by atoms with Crippen LogP contribution < -0.4 is 5.32 Å². The fourth-order valence-corrected chi connectivity index (χ4v) is 4.99. The normalized spacial score (nSPS) is 18.7. The van der Waals surface area contributed by atoms with Gasteiger partial charge in [-0.15, -0.1) is 0 Å². The second-order valence-corrected chi connectivity index (χ2v) is 9.83. The van der Waals surface area contributed by atoms with E-state index in [2.05, 4.69) is 29.6 Å². The predicted molar refractivity (Wildman–Crippen MR) is 122 cm³/mol. The van der Waals surface area contributed by atoms with Crippen LogP contribution in [0.2, 0.25) is 0 Å². The third-order valence-electron chi connectivity index (χ3n) is 6.59. The molecule has 2 aromatic rings. The van der Waals surface area contributed by atoms with Gasteiger partial charge in [-0.1, -0.05) is 69.3 Å². The van der Waals surface area contributed by atoms with Crippen LogP contribution in [0, 0.1) is 5.41 Å². The fourth-order valence-electron chi connectivity index (χ4n) is 4.99. The largest absolute Gasteiger partial charge is 0.480 e. The summed E-state index contributed by atoms with van der Waals surface area (Å²) >= 11 is 0. The number of likely N-dealkylation sites (tertiary alicyclic amines) is 1. The number of nitrogens with zero attached hydrogens (tertiary/aromatic N) is 1. The van der Waals surface area contributed by atoms with Crippen LogP contribution in [0.5, 0.6) is 0 Å². The molecule has 1 aliphatic heterocycles. The maximum absolute atomic E-state index is 13.3. The Morgan fingerprint density at radius 1 is 1.03 bits per heavy atom. The highest BCUT2D eigenvalue weighted by molar-refractivity contribution is 5.92. The molecule has 2 amide bonds. The first-order valence-electron chi connectivity index (χ1n) is 11.2. The standard InChI is InChI=1S/C26H30N2O4/c1-26(2,3)23(24(30)28-14-8-13-21(28)25(31)32)27-22(29)15-20-18-11-6-4-9-16(18)17-10-5-7-12-19(17)20/h4-7,9-12,20-21,23H,8,13-15H2,1-3H3,(H,27,29)(H,31,32). The van der Waals surface area contributed by atoms with Gasteiger partial charge in [-0.3, -0.25) is 9.59 Å². The Labute approximate surface area is 188 Å². The predicted octanol–water partition coefficient (Wildman–Crippen LogP) is 3.80. The summed E-state index contributed by atoms with van der Waals surface area (Å²) in [5.41, 5.74) is 3.97. The molecule has 0 spiro atoms. The molecular formula is C26H30N2O4. The van der Waals surface area contributed by atoms with Crippen molar-refractivity contribution in [3.63, 3.8) is 0 Å². The molecule has 0 aromatic heterocycles. The highest BCUT2D eigenvalue weighted by atomic mass is 16.4. The van der Waals surface area contributed by atoms with Gasteiger partial charge in [-0.05, 0) is 40.5 Å². The Morgan fingerprint density at radius 2 is 1.59 bits per heavy atom. The highest BCUT2D eigenvalue weighted by Gasteiger charge is 2.42. The second-order valence-electron chi connectivity index (χ2n) is 9.83. The van der Waals surface area contributed by atoms with Gasteiger partial charge in [0.2, 0.25) is 11.8 Å². The van der Waals surface area contributed by atoms with Crippen molar-refractivity contribution in [2.75, 3.05) is 6.54 Å². The lowest BCUT2D eigenvalue weighted by atomic mass is 9.85. The Kier molecular flexibility index (Phi) is 5.80. The zero-order valence-corrected chi connectivity index (χ0v) is 18.8. The van der Waals surface area contributed by atoms with Gasteiger partial charge in [0.15, 0.2) is 0 Å². The van der Waals surface area contributed by atoms with E-state index in [1.54, 1.807) is 0 Å². The van der Waals surface area contributed by atoms with Crippen molar-refractivity contribution in [3.8, 4) is 11.1 Å². The third-order valence-corrected chi connectivity index (χ3v) is 6.59. The number of carbonyl (C=O) groups excluding carboxylic acids is 2. The number of carboxylic acids is 1. The van der Waals surface area contributed by atoms with Gasteiger partial charge in [-0.25, -0.2) is 4.79 Å². The van der Waals surface area contributed by atoms with Gasteiger partial charge in [0.05, 0.1) is 0 Å². The topological polar surface area (TPSA) is 86.7 Å². The minimum atomic E-state index is -0.992. The molecule has 2 unspecified atom stereocenters. The SMILES string of the molecule is CC(C)(C)C(NC(=O)CC1c2ccccc2-c2ccccc21)C(=O)N1CCCC1C(=O)O. The molecule has 0 bridgehead atoms. The van der Waals surface area contributed by atoms with E-state index in [1.165, 1.54) is 4.90 Å². The van der Waals surface area contributed by atoms with Crippen molar-refractivity contribution in [2.24, 2.45) is 5.41 Å². The molecule has 4 rings (SSSR count). The number of carboxylic acid groups (broad SMARTS) is 1. The number of hydrogen-bond acceptors (Lipinski definition) is 3. The highest BCUT2D eigenvalue weighted by Crippen LogP contribution is 2.46. The molecule has 2 atom stereocenters.